The molecule has 0 saturated heterocycles. The molecule has 26 heavy (non-hydrogen) atoms. The monoisotopic (exact) mass is 352 g/mol. The topological polar surface area (TPSA) is 134 Å². The van der Waals surface area contributed by atoms with Gasteiger partial charge in [0.1, 0.15) is 12.1 Å². The molecule has 0 aliphatic rings. The van der Waals surface area contributed by atoms with Crippen molar-refractivity contribution in [2.75, 3.05) is 12.3 Å². The molecule has 2 aromatic heterocycles. The molecule has 0 unspecified atom stereocenters. The van der Waals surface area contributed by atoms with Crippen molar-refractivity contribution in [2.24, 2.45) is 16.5 Å². The number of hydrogen-bond donors (Lipinski definition) is 3. The first-order chi connectivity index (χ1) is 12.3. The van der Waals surface area contributed by atoms with Gasteiger partial charge in [-0.3, -0.25) is 4.99 Å². The number of hydrogen-bond acceptors (Lipinski definition) is 5. The lowest BCUT2D eigenvalue weighted by Gasteiger charge is -2.23. The molecule has 0 aliphatic heterocycles. The van der Waals surface area contributed by atoms with Gasteiger partial charge in [0.25, 0.3) is 0 Å². The minimum absolute atomic E-state index is 0.0450. The fourth-order valence-electron chi connectivity index (χ4n) is 2.84. The lowest BCUT2D eigenvalue weighted by atomic mass is 10.1. The summed E-state index contributed by atoms with van der Waals surface area (Å²) in [5.74, 6) is 0.463. The SMILES string of the molecule is Cc1ccc(Cc2nn(C(C)(C)CN=C(N)N)c3ncnc(N)c23)cc1. The van der Waals surface area contributed by atoms with Gasteiger partial charge in [0.15, 0.2) is 11.6 Å². The Kier molecular flexibility index (Phi) is 4.50. The zero-order chi connectivity index (χ0) is 18.9. The lowest BCUT2D eigenvalue weighted by Crippen LogP contribution is -2.34. The van der Waals surface area contributed by atoms with Crippen LogP contribution in [0.5, 0.6) is 0 Å². The Morgan fingerprint density at radius 1 is 1.15 bits per heavy atom. The number of aromatic nitrogens is 4. The minimum atomic E-state index is -0.478. The molecule has 3 aromatic rings. The number of nitrogens with two attached hydrogens (primary N) is 3. The summed E-state index contributed by atoms with van der Waals surface area (Å²) in [5.41, 5.74) is 20.5. The molecule has 3 rings (SSSR count). The minimum Gasteiger partial charge on any atom is -0.383 e. The molecule has 0 aliphatic carbocycles. The van der Waals surface area contributed by atoms with Gasteiger partial charge in [0, 0.05) is 6.42 Å². The molecule has 2 heterocycles. The smallest absolute Gasteiger partial charge is 0.185 e. The fraction of sp³-hybridized carbons (Fsp3) is 0.333. The maximum atomic E-state index is 6.14. The third-order valence-corrected chi connectivity index (χ3v) is 4.28. The second-order valence-electron chi connectivity index (χ2n) is 7.03. The van der Waals surface area contributed by atoms with Gasteiger partial charge >= 0.3 is 0 Å². The van der Waals surface area contributed by atoms with Crippen molar-refractivity contribution in [2.45, 2.75) is 32.7 Å². The average molecular weight is 352 g/mol. The van der Waals surface area contributed by atoms with Gasteiger partial charge in [-0.25, -0.2) is 14.6 Å². The number of anilines is 1. The Hall–Kier alpha value is -3.16. The number of guanidine groups is 1. The summed E-state index contributed by atoms with van der Waals surface area (Å²) in [6, 6.07) is 8.34. The van der Waals surface area contributed by atoms with Crippen molar-refractivity contribution < 1.29 is 0 Å². The number of aliphatic imine (C=N–C) groups is 1. The Labute approximate surface area is 152 Å². The van der Waals surface area contributed by atoms with Crippen LogP contribution in [0.2, 0.25) is 0 Å². The molecule has 0 radical (unpaired) electrons. The van der Waals surface area contributed by atoms with Crippen LogP contribution in [0.15, 0.2) is 35.6 Å². The van der Waals surface area contributed by atoms with Crippen molar-refractivity contribution in [3.8, 4) is 0 Å². The Morgan fingerprint density at radius 3 is 2.50 bits per heavy atom. The van der Waals surface area contributed by atoms with Crippen LogP contribution >= 0.6 is 0 Å². The first kappa shape index (κ1) is 17.7. The third kappa shape index (κ3) is 3.44. The molecule has 6 N–H and O–H groups in total. The normalized spacial score (nSPS) is 11.7. The Balaban J connectivity index is 2.09. The number of nitrogens with zero attached hydrogens (tertiary/aromatic N) is 5. The van der Waals surface area contributed by atoms with E-state index in [1.54, 1.807) is 0 Å². The predicted octanol–water partition coefficient (Wildman–Crippen LogP) is 1.32. The Bertz CT molecular complexity index is 949. The van der Waals surface area contributed by atoms with Crippen LogP contribution in [0.3, 0.4) is 0 Å². The standard InChI is InChI=1S/C18H24N8/c1-11-4-6-12(7-5-11)8-13-14-15(19)23-10-24-16(14)26(25-13)18(2,3)9-22-17(20)21/h4-7,10H,8-9H2,1-3H3,(H2,19,23,24)(H4,20,21,22). The van der Waals surface area contributed by atoms with E-state index in [2.05, 4.69) is 46.1 Å². The third-order valence-electron chi connectivity index (χ3n) is 4.28. The molecule has 0 atom stereocenters. The van der Waals surface area contributed by atoms with Crippen LogP contribution < -0.4 is 17.2 Å². The molecule has 0 spiro atoms. The van der Waals surface area contributed by atoms with Gasteiger partial charge < -0.3 is 17.2 Å². The van der Waals surface area contributed by atoms with Gasteiger partial charge in [0.05, 0.1) is 23.2 Å². The number of nitrogen functional groups attached to an aromatic ring is 1. The summed E-state index contributed by atoms with van der Waals surface area (Å²) in [6.45, 7) is 6.44. The van der Waals surface area contributed by atoms with E-state index in [-0.39, 0.29) is 5.96 Å². The van der Waals surface area contributed by atoms with E-state index >= 15 is 0 Å². The van der Waals surface area contributed by atoms with Crippen LogP contribution in [-0.4, -0.2) is 32.3 Å². The largest absolute Gasteiger partial charge is 0.383 e. The molecular weight excluding hydrogens is 328 g/mol. The van der Waals surface area contributed by atoms with Crippen molar-refractivity contribution in [3.63, 3.8) is 0 Å². The van der Waals surface area contributed by atoms with Gasteiger partial charge in [0.2, 0.25) is 0 Å². The number of rotatable bonds is 5. The second-order valence-corrected chi connectivity index (χ2v) is 7.03. The summed E-state index contributed by atoms with van der Waals surface area (Å²) in [4.78, 5) is 12.7. The zero-order valence-electron chi connectivity index (χ0n) is 15.3. The quantitative estimate of drug-likeness (QED) is 0.468. The molecule has 0 fully saturated rings. The molecule has 8 nitrogen and oxygen atoms in total. The summed E-state index contributed by atoms with van der Waals surface area (Å²) in [6.07, 6.45) is 2.09. The van der Waals surface area contributed by atoms with Crippen molar-refractivity contribution >= 4 is 22.8 Å². The average Bonchev–Trinajstić information content (AvgIpc) is 2.96. The molecule has 0 bridgehead atoms. The van der Waals surface area contributed by atoms with Crippen LogP contribution in [-0.2, 0) is 12.0 Å². The highest BCUT2D eigenvalue weighted by molar-refractivity contribution is 5.88. The fourth-order valence-corrected chi connectivity index (χ4v) is 2.84. The van der Waals surface area contributed by atoms with Gasteiger partial charge in [-0.1, -0.05) is 29.8 Å². The summed E-state index contributed by atoms with van der Waals surface area (Å²) < 4.78 is 1.83. The van der Waals surface area contributed by atoms with Gasteiger partial charge in [-0.05, 0) is 26.3 Å². The highest BCUT2D eigenvalue weighted by Crippen LogP contribution is 2.28. The first-order valence-electron chi connectivity index (χ1n) is 8.37. The molecule has 0 saturated carbocycles. The summed E-state index contributed by atoms with van der Waals surface area (Å²) in [7, 11) is 0. The number of aryl methyl sites for hydroxylation is 1. The molecule has 136 valence electrons. The van der Waals surface area contributed by atoms with E-state index < -0.39 is 5.54 Å². The zero-order valence-corrected chi connectivity index (χ0v) is 15.3. The van der Waals surface area contributed by atoms with Crippen molar-refractivity contribution in [3.05, 3.63) is 47.4 Å². The van der Waals surface area contributed by atoms with E-state index in [0.29, 0.717) is 24.4 Å². The van der Waals surface area contributed by atoms with Gasteiger partial charge in [-0.2, -0.15) is 5.10 Å². The maximum absolute atomic E-state index is 6.14. The first-order valence-corrected chi connectivity index (χ1v) is 8.37. The Morgan fingerprint density at radius 2 is 1.85 bits per heavy atom. The molecule has 0 amide bonds. The van der Waals surface area contributed by atoms with Crippen LogP contribution in [0.25, 0.3) is 11.0 Å². The van der Waals surface area contributed by atoms with Gasteiger partial charge in [-0.15, -0.1) is 0 Å². The summed E-state index contributed by atoms with van der Waals surface area (Å²) in [5, 5.41) is 5.57. The van der Waals surface area contributed by atoms with E-state index in [4.69, 9.17) is 22.3 Å². The van der Waals surface area contributed by atoms with E-state index in [1.165, 1.54) is 11.9 Å². The molecule has 1 aromatic carbocycles. The number of benzene rings is 1. The molecule has 8 heteroatoms. The van der Waals surface area contributed by atoms with Crippen molar-refractivity contribution in [1.82, 2.24) is 19.7 Å². The highest BCUT2D eigenvalue weighted by atomic mass is 15.4. The number of fused-ring (bicyclic) bond motifs is 1. The van der Waals surface area contributed by atoms with E-state index in [1.807, 2.05) is 18.5 Å². The predicted molar refractivity (Wildman–Crippen MR) is 104 cm³/mol. The molecular formula is C18H24N8. The van der Waals surface area contributed by atoms with Crippen LogP contribution in [0.1, 0.15) is 30.7 Å². The lowest BCUT2D eigenvalue weighted by molar-refractivity contribution is 0.338. The highest BCUT2D eigenvalue weighted by Gasteiger charge is 2.27. The summed E-state index contributed by atoms with van der Waals surface area (Å²) >= 11 is 0. The van der Waals surface area contributed by atoms with Crippen LogP contribution in [0, 0.1) is 6.92 Å². The van der Waals surface area contributed by atoms with Crippen LogP contribution in [0.4, 0.5) is 5.82 Å². The van der Waals surface area contributed by atoms with E-state index in [9.17, 15) is 0 Å². The second kappa shape index (κ2) is 6.62. The van der Waals surface area contributed by atoms with Crippen molar-refractivity contribution in [1.29, 1.82) is 0 Å². The van der Waals surface area contributed by atoms with E-state index in [0.717, 1.165) is 16.6 Å². The maximum Gasteiger partial charge on any atom is 0.185 e.